The molecule has 0 bridgehead atoms. The van der Waals surface area contributed by atoms with Crippen molar-refractivity contribution < 1.29 is 24.0 Å². The Morgan fingerprint density at radius 2 is 1.96 bits per heavy atom. The van der Waals surface area contributed by atoms with Gasteiger partial charge in [-0.25, -0.2) is 4.79 Å². The number of ether oxygens (including phenoxy) is 2. The van der Waals surface area contributed by atoms with Gasteiger partial charge >= 0.3 is 5.97 Å². The van der Waals surface area contributed by atoms with Crippen LogP contribution in [0.3, 0.4) is 0 Å². The van der Waals surface area contributed by atoms with Gasteiger partial charge in [-0.05, 0) is 32.0 Å². The number of rotatable bonds is 7. The second-order valence-corrected chi connectivity index (χ2v) is 5.49. The number of carbonyl (C=O) groups excluding carboxylic acids is 2. The van der Waals surface area contributed by atoms with Crippen LogP contribution in [0.25, 0.3) is 0 Å². The summed E-state index contributed by atoms with van der Waals surface area (Å²) in [4.78, 5) is 34.7. The molecule has 0 aromatic heterocycles. The Balaban J connectivity index is 2.09. The van der Waals surface area contributed by atoms with E-state index in [9.17, 15) is 19.7 Å². The molecule has 0 spiro atoms. The third-order valence-electron chi connectivity index (χ3n) is 3.57. The predicted molar refractivity (Wildman–Crippen MR) is 98.6 cm³/mol. The summed E-state index contributed by atoms with van der Waals surface area (Å²) in [6, 6.07) is 10.2. The molecule has 1 amide bonds. The number of nitrogens with zero attached hydrogens (tertiary/aromatic N) is 1. The summed E-state index contributed by atoms with van der Waals surface area (Å²) >= 11 is 0. The van der Waals surface area contributed by atoms with Crippen LogP contribution in [-0.2, 0) is 9.53 Å². The second kappa shape index (κ2) is 8.65. The van der Waals surface area contributed by atoms with E-state index in [2.05, 4.69) is 5.32 Å². The molecule has 2 aromatic carbocycles. The maximum Gasteiger partial charge on any atom is 0.341 e. The molecule has 2 rings (SSSR count). The summed E-state index contributed by atoms with van der Waals surface area (Å²) in [6.45, 7) is 3.61. The average molecular weight is 373 g/mol. The minimum Gasteiger partial charge on any atom is -0.492 e. The van der Waals surface area contributed by atoms with Crippen molar-refractivity contribution in [1.29, 1.82) is 0 Å². The Morgan fingerprint density at radius 3 is 2.63 bits per heavy atom. The van der Waals surface area contributed by atoms with Crippen molar-refractivity contribution in [2.75, 3.05) is 17.7 Å². The van der Waals surface area contributed by atoms with Crippen LogP contribution in [0.1, 0.15) is 24.2 Å². The number of nitrogens with two attached hydrogens (primary N) is 1. The molecule has 0 aliphatic heterocycles. The Hall–Kier alpha value is -3.62. The highest BCUT2D eigenvalue weighted by Gasteiger charge is 2.23. The number of carbonyl (C=O) groups is 2. The zero-order chi connectivity index (χ0) is 20.0. The number of esters is 1. The number of anilines is 2. The molecule has 0 unspecified atom stereocenters. The number of nitro groups is 1. The SMILES string of the molecule is CCOc1ccccc1NC(=O)[C@@H](C)OC(=O)c1cc([N+](=O)[O-])ccc1N. The first-order valence-corrected chi connectivity index (χ1v) is 8.11. The highest BCUT2D eigenvalue weighted by atomic mass is 16.6. The van der Waals surface area contributed by atoms with Crippen LogP contribution in [0.15, 0.2) is 42.5 Å². The van der Waals surface area contributed by atoms with E-state index in [0.717, 1.165) is 6.07 Å². The van der Waals surface area contributed by atoms with Gasteiger partial charge in [0.05, 0.1) is 22.8 Å². The van der Waals surface area contributed by atoms with Crippen LogP contribution in [0.5, 0.6) is 5.75 Å². The number of non-ortho nitro benzene ring substituents is 1. The van der Waals surface area contributed by atoms with E-state index < -0.39 is 22.9 Å². The molecule has 0 aliphatic rings. The lowest BCUT2D eigenvalue weighted by Gasteiger charge is -2.16. The molecule has 0 saturated heterocycles. The first kappa shape index (κ1) is 19.7. The van der Waals surface area contributed by atoms with Crippen molar-refractivity contribution >= 4 is 28.9 Å². The monoisotopic (exact) mass is 373 g/mol. The molecule has 3 N–H and O–H groups in total. The van der Waals surface area contributed by atoms with E-state index in [1.54, 1.807) is 24.3 Å². The second-order valence-electron chi connectivity index (χ2n) is 5.49. The minimum absolute atomic E-state index is 0.0138. The third kappa shape index (κ3) is 4.94. The highest BCUT2D eigenvalue weighted by Crippen LogP contribution is 2.24. The molecule has 9 heteroatoms. The Kier molecular flexibility index (Phi) is 6.32. The molecule has 0 fully saturated rings. The van der Waals surface area contributed by atoms with Crippen molar-refractivity contribution in [1.82, 2.24) is 0 Å². The summed E-state index contributed by atoms with van der Waals surface area (Å²) in [5, 5.41) is 13.5. The summed E-state index contributed by atoms with van der Waals surface area (Å²) in [6.07, 6.45) is -1.16. The van der Waals surface area contributed by atoms with Gasteiger partial charge in [0.2, 0.25) is 0 Å². The van der Waals surface area contributed by atoms with Crippen LogP contribution < -0.4 is 15.8 Å². The number of hydrogen-bond acceptors (Lipinski definition) is 7. The largest absolute Gasteiger partial charge is 0.492 e. The van der Waals surface area contributed by atoms with Crippen molar-refractivity contribution in [3.8, 4) is 5.75 Å². The predicted octanol–water partition coefficient (Wildman–Crippen LogP) is 2.76. The quantitative estimate of drug-likeness (QED) is 0.330. The third-order valence-corrected chi connectivity index (χ3v) is 3.57. The van der Waals surface area contributed by atoms with Crippen molar-refractivity contribution in [2.24, 2.45) is 0 Å². The van der Waals surface area contributed by atoms with E-state index in [1.165, 1.54) is 19.1 Å². The van der Waals surface area contributed by atoms with Gasteiger partial charge in [-0.1, -0.05) is 12.1 Å². The van der Waals surface area contributed by atoms with Gasteiger partial charge in [0, 0.05) is 17.8 Å². The molecular formula is C18H19N3O6. The molecule has 9 nitrogen and oxygen atoms in total. The van der Waals surface area contributed by atoms with Crippen LogP contribution in [0.2, 0.25) is 0 Å². The molecule has 0 saturated carbocycles. The molecule has 1 atom stereocenters. The van der Waals surface area contributed by atoms with Gasteiger partial charge < -0.3 is 20.5 Å². The van der Waals surface area contributed by atoms with E-state index >= 15 is 0 Å². The Bertz CT molecular complexity index is 868. The highest BCUT2D eigenvalue weighted by molar-refractivity contribution is 6.00. The topological polar surface area (TPSA) is 134 Å². The van der Waals surface area contributed by atoms with Crippen molar-refractivity contribution in [3.05, 3.63) is 58.1 Å². The number of nitrogen functional groups attached to an aromatic ring is 1. The molecule has 0 aliphatic carbocycles. The number of para-hydroxylation sites is 2. The summed E-state index contributed by atoms with van der Waals surface area (Å²) in [5.41, 5.74) is 5.64. The molecule has 2 aromatic rings. The maximum absolute atomic E-state index is 12.3. The minimum atomic E-state index is -1.16. The molecule has 27 heavy (non-hydrogen) atoms. The van der Waals surface area contributed by atoms with Crippen molar-refractivity contribution in [2.45, 2.75) is 20.0 Å². The Morgan fingerprint density at radius 1 is 1.26 bits per heavy atom. The molecule has 0 radical (unpaired) electrons. The summed E-state index contributed by atoms with van der Waals surface area (Å²) < 4.78 is 10.5. The number of hydrogen-bond donors (Lipinski definition) is 2. The molecule has 142 valence electrons. The van der Waals surface area contributed by atoms with Gasteiger partial charge in [-0.3, -0.25) is 14.9 Å². The summed E-state index contributed by atoms with van der Waals surface area (Å²) in [7, 11) is 0. The zero-order valence-corrected chi connectivity index (χ0v) is 14.8. The van der Waals surface area contributed by atoms with Crippen LogP contribution in [0.4, 0.5) is 17.1 Å². The van der Waals surface area contributed by atoms with E-state index in [0.29, 0.717) is 18.0 Å². The summed E-state index contributed by atoms with van der Waals surface area (Å²) in [5.74, 6) is -1.04. The van der Waals surface area contributed by atoms with Crippen LogP contribution in [0, 0.1) is 10.1 Å². The lowest BCUT2D eigenvalue weighted by molar-refractivity contribution is -0.384. The standard InChI is InChI=1S/C18H19N3O6/c1-3-26-16-7-5-4-6-15(16)20-17(22)11(2)27-18(23)13-10-12(21(24)25)8-9-14(13)19/h4-11H,3,19H2,1-2H3,(H,20,22)/t11-/m1/s1. The zero-order valence-electron chi connectivity index (χ0n) is 14.8. The van der Waals surface area contributed by atoms with Crippen molar-refractivity contribution in [3.63, 3.8) is 0 Å². The fraction of sp³-hybridized carbons (Fsp3) is 0.222. The first-order valence-electron chi connectivity index (χ1n) is 8.11. The van der Waals surface area contributed by atoms with Gasteiger partial charge in [0.1, 0.15) is 5.75 Å². The van der Waals surface area contributed by atoms with E-state index in [4.69, 9.17) is 15.2 Å². The molecule has 0 heterocycles. The van der Waals surface area contributed by atoms with E-state index in [-0.39, 0.29) is 16.9 Å². The fourth-order valence-corrected chi connectivity index (χ4v) is 2.20. The smallest absolute Gasteiger partial charge is 0.341 e. The van der Waals surface area contributed by atoms with Crippen LogP contribution in [-0.4, -0.2) is 29.5 Å². The van der Waals surface area contributed by atoms with Gasteiger partial charge in [0.15, 0.2) is 6.10 Å². The van der Waals surface area contributed by atoms with Gasteiger partial charge in [-0.15, -0.1) is 0 Å². The van der Waals surface area contributed by atoms with Gasteiger partial charge in [0.25, 0.3) is 11.6 Å². The number of nitro benzene ring substituents is 1. The lowest BCUT2D eigenvalue weighted by atomic mass is 10.1. The van der Waals surface area contributed by atoms with Gasteiger partial charge in [-0.2, -0.15) is 0 Å². The number of amides is 1. The number of benzene rings is 2. The average Bonchev–Trinajstić information content (AvgIpc) is 2.63. The Labute approximate surface area is 155 Å². The molecular weight excluding hydrogens is 354 g/mol. The first-order chi connectivity index (χ1) is 12.8. The lowest BCUT2D eigenvalue weighted by Crippen LogP contribution is -2.30. The normalized spacial score (nSPS) is 11.3. The maximum atomic E-state index is 12.3. The number of nitrogens with one attached hydrogen (secondary N) is 1. The van der Waals surface area contributed by atoms with E-state index in [1.807, 2.05) is 6.92 Å². The fourth-order valence-electron chi connectivity index (χ4n) is 2.20. The van der Waals surface area contributed by atoms with Crippen LogP contribution >= 0.6 is 0 Å².